The van der Waals surface area contributed by atoms with Crippen LogP contribution in [0.25, 0.3) is 0 Å². The zero-order valence-electron chi connectivity index (χ0n) is 9.86. The molecule has 4 nitrogen and oxygen atoms in total. The maximum atomic E-state index is 13.9. The second-order valence-corrected chi connectivity index (χ2v) is 7.33. The first kappa shape index (κ1) is 13.8. The molecule has 1 aliphatic heterocycles. The van der Waals surface area contributed by atoms with Crippen molar-refractivity contribution in [3.8, 4) is 0 Å². The lowest BCUT2D eigenvalue weighted by molar-refractivity contribution is 0.457. The average molecular weight is 337 g/mol. The van der Waals surface area contributed by atoms with Gasteiger partial charge in [-0.25, -0.2) is 12.8 Å². The Hall–Kier alpha value is -0.660. The van der Waals surface area contributed by atoms with Crippen LogP contribution >= 0.6 is 15.9 Å². The monoisotopic (exact) mass is 336 g/mol. The van der Waals surface area contributed by atoms with Crippen LogP contribution in [0.4, 0.5) is 10.1 Å². The molecule has 1 aromatic rings. The van der Waals surface area contributed by atoms with E-state index in [0.717, 1.165) is 6.42 Å². The van der Waals surface area contributed by atoms with Gasteiger partial charge >= 0.3 is 0 Å². The van der Waals surface area contributed by atoms with Gasteiger partial charge in [-0.2, -0.15) is 4.31 Å². The molecule has 1 saturated heterocycles. The molecule has 1 atom stereocenters. The molecule has 1 aromatic carbocycles. The maximum absolute atomic E-state index is 13.9. The Morgan fingerprint density at radius 2 is 2.17 bits per heavy atom. The fraction of sp³-hybridized carbons (Fsp3) is 0.455. The molecule has 18 heavy (non-hydrogen) atoms. The molecule has 2 N–H and O–H groups in total. The van der Waals surface area contributed by atoms with E-state index in [0.29, 0.717) is 19.0 Å². The van der Waals surface area contributed by atoms with Crippen LogP contribution in [0.1, 0.15) is 13.3 Å². The minimum Gasteiger partial charge on any atom is -0.399 e. The third-order valence-corrected chi connectivity index (χ3v) is 5.46. The first-order chi connectivity index (χ1) is 8.32. The van der Waals surface area contributed by atoms with Crippen LogP contribution in [0.5, 0.6) is 0 Å². The van der Waals surface area contributed by atoms with Crippen molar-refractivity contribution in [2.45, 2.75) is 18.2 Å². The molecule has 7 heteroatoms. The normalized spacial score (nSPS) is 21.4. The standard InChI is InChI=1S/C11H14BrFN2O2S/c1-7-2-3-15(6-7)18(16,17)10-5-8(14)4-9(12)11(10)13/h4-5,7H,2-3,6,14H2,1H3. The minimum absolute atomic E-state index is 0.0633. The number of anilines is 1. The molecular weight excluding hydrogens is 323 g/mol. The smallest absolute Gasteiger partial charge is 0.246 e. The highest BCUT2D eigenvalue weighted by atomic mass is 79.9. The summed E-state index contributed by atoms with van der Waals surface area (Å²) in [6.45, 7) is 2.82. The summed E-state index contributed by atoms with van der Waals surface area (Å²) in [6, 6.07) is 2.51. The number of halogens is 2. The molecule has 0 bridgehead atoms. The Kier molecular flexibility index (Phi) is 3.66. The van der Waals surface area contributed by atoms with E-state index >= 15 is 0 Å². The number of nitrogens with two attached hydrogens (primary N) is 1. The molecule has 0 saturated carbocycles. The fourth-order valence-electron chi connectivity index (χ4n) is 2.02. The van der Waals surface area contributed by atoms with Crippen molar-refractivity contribution < 1.29 is 12.8 Å². The number of benzene rings is 1. The molecule has 1 unspecified atom stereocenters. The van der Waals surface area contributed by atoms with E-state index in [9.17, 15) is 12.8 Å². The molecule has 0 radical (unpaired) electrons. The highest BCUT2D eigenvalue weighted by Gasteiger charge is 2.33. The molecule has 0 aromatic heterocycles. The lowest BCUT2D eigenvalue weighted by Crippen LogP contribution is -2.29. The Morgan fingerprint density at radius 1 is 1.50 bits per heavy atom. The van der Waals surface area contributed by atoms with E-state index in [2.05, 4.69) is 15.9 Å². The van der Waals surface area contributed by atoms with Crippen LogP contribution in [-0.2, 0) is 10.0 Å². The number of hydrogen-bond donors (Lipinski definition) is 1. The third kappa shape index (κ3) is 2.39. The number of nitrogens with zero attached hydrogens (tertiary/aromatic N) is 1. The summed E-state index contributed by atoms with van der Waals surface area (Å²) in [5.74, 6) is -0.490. The second kappa shape index (κ2) is 4.79. The molecule has 1 heterocycles. The average Bonchev–Trinajstić information content (AvgIpc) is 2.70. The van der Waals surface area contributed by atoms with Crippen LogP contribution in [0.3, 0.4) is 0 Å². The van der Waals surface area contributed by atoms with E-state index in [1.54, 1.807) is 0 Å². The molecular formula is C11H14BrFN2O2S. The molecule has 1 aliphatic rings. The third-order valence-electron chi connectivity index (χ3n) is 3.02. The van der Waals surface area contributed by atoms with Gasteiger partial charge in [0.05, 0.1) is 4.47 Å². The van der Waals surface area contributed by atoms with E-state index in [1.165, 1.54) is 16.4 Å². The van der Waals surface area contributed by atoms with Gasteiger partial charge in [0.15, 0.2) is 5.82 Å². The van der Waals surface area contributed by atoms with Gasteiger partial charge in [-0.05, 0) is 40.4 Å². The maximum Gasteiger partial charge on any atom is 0.246 e. The number of sulfonamides is 1. The van der Waals surface area contributed by atoms with Crippen LogP contribution in [0, 0.1) is 11.7 Å². The Labute approximate surface area is 114 Å². The summed E-state index contributed by atoms with van der Waals surface area (Å²) in [7, 11) is -3.80. The van der Waals surface area contributed by atoms with Crippen molar-refractivity contribution in [2.24, 2.45) is 5.92 Å². The summed E-state index contributed by atoms with van der Waals surface area (Å²) in [4.78, 5) is -0.358. The predicted molar refractivity (Wildman–Crippen MR) is 71.1 cm³/mol. The molecule has 0 amide bonds. The molecule has 2 rings (SSSR count). The van der Waals surface area contributed by atoms with Crippen LogP contribution in [0.2, 0.25) is 0 Å². The quantitative estimate of drug-likeness (QED) is 0.842. The number of rotatable bonds is 2. The summed E-state index contributed by atoms with van der Waals surface area (Å²) in [5, 5.41) is 0. The summed E-state index contributed by atoms with van der Waals surface area (Å²) in [6.07, 6.45) is 0.796. The second-order valence-electron chi connectivity index (χ2n) is 4.57. The van der Waals surface area contributed by atoms with E-state index in [4.69, 9.17) is 5.73 Å². The zero-order chi connectivity index (χ0) is 13.5. The van der Waals surface area contributed by atoms with Crippen LogP contribution in [0.15, 0.2) is 21.5 Å². The first-order valence-corrected chi connectivity index (χ1v) is 7.80. The number of hydrogen-bond acceptors (Lipinski definition) is 3. The van der Waals surface area contributed by atoms with Gasteiger partial charge in [-0.1, -0.05) is 6.92 Å². The lowest BCUT2D eigenvalue weighted by Gasteiger charge is -2.17. The Morgan fingerprint density at radius 3 is 2.72 bits per heavy atom. The minimum atomic E-state index is -3.80. The van der Waals surface area contributed by atoms with Crippen molar-refractivity contribution in [3.05, 3.63) is 22.4 Å². The van der Waals surface area contributed by atoms with Gasteiger partial charge in [0.2, 0.25) is 10.0 Å². The van der Waals surface area contributed by atoms with Gasteiger partial charge in [-0.15, -0.1) is 0 Å². The van der Waals surface area contributed by atoms with Crippen molar-refractivity contribution in [1.82, 2.24) is 4.31 Å². The molecule has 1 fully saturated rings. The summed E-state index contributed by atoms with van der Waals surface area (Å²) in [5.41, 5.74) is 5.79. The Balaban J connectivity index is 2.48. The topological polar surface area (TPSA) is 63.4 Å². The van der Waals surface area contributed by atoms with Crippen LogP contribution in [-0.4, -0.2) is 25.8 Å². The van der Waals surface area contributed by atoms with Gasteiger partial charge in [0, 0.05) is 18.8 Å². The predicted octanol–water partition coefficient (Wildman–Crippen LogP) is 2.20. The molecule has 100 valence electrons. The molecule has 0 aliphatic carbocycles. The van der Waals surface area contributed by atoms with E-state index in [-0.39, 0.29) is 15.1 Å². The number of nitrogen functional groups attached to an aromatic ring is 1. The summed E-state index contributed by atoms with van der Waals surface area (Å²) < 4.78 is 39.9. The summed E-state index contributed by atoms with van der Waals surface area (Å²) >= 11 is 2.97. The van der Waals surface area contributed by atoms with Gasteiger partial charge in [-0.3, -0.25) is 0 Å². The SMILES string of the molecule is CC1CCN(S(=O)(=O)c2cc(N)cc(Br)c2F)C1. The van der Waals surface area contributed by atoms with E-state index < -0.39 is 15.8 Å². The van der Waals surface area contributed by atoms with Gasteiger partial charge in [0.25, 0.3) is 0 Å². The first-order valence-electron chi connectivity index (χ1n) is 5.57. The van der Waals surface area contributed by atoms with Crippen LogP contribution < -0.4 is 5.73 Å². The van der Waals surface area contributed by atoms with Crippen molar-refractivity contribution in [2.75, 3.05) is 18.8 Å². The van der Waals surface area contributed by atoms with Crippen molar-refractivity contribution in [3.63, 3.8) is 0 Å². The fourth-order valence-corrected chi connectivity index (χ4v) is 4.33. The largest absolute Gasteiger partial charge is 0.399 e. The molecule has 0 spiro atoms. The van der Waals surface area contributed by atoms with Gasteiger partial charge < -0.3 is 5.73 Å². The highest BCUT2D eigenvalue weighted by Crippen LogP contribution is 2.30. The van der Waals surface area contributed by atoms with Gasteiger partial charge in [0.1, 0.15) is 4.90 Å². The van der Waals surface area contributed by atoms with Crippen molar-refractivity contribution in [1.29, 1.82) is 0 Å². The lowest BCUT2D eigenvalue weighted by atomic mass is 10.2. The highest BCUT2D eigenvalue weighted by molar-refractivity contribution is 9.10. The van der Waals surface area contributed by atoms with E-state index in [1.807, 2.05) is 6.92 Å². The zero-order valence-corrected chi connectivity index (χ0v) is 12.3. The Bertz CT molecular complexity index is 577. The van der Waals surface area contributed by atoms with Crippen molar-refractivity contribution >= 4 is 31.6 Å².